The van der Waals surface area contributed by atoms with Gasteiger partial charge >= 0.3 is 0 Å². The minimum atomic E-state index is -0.829. The van der Waals surface area contributed by atoms with E-state index in [0.717, 1.165) is 0 Å². The summed E-state index contributed by atoms with van der Waals surface area (Å²) in [7, 11) is 0. The number of rotatable bonds is 5. The van der Waals surface area contributed by atoms with E-state index in [4.69, 9.17) is 10.9 Å². The lowest BCUT2D eigenvalue weighted by molar-refractivity contribution is -0.133. The number of oxime groups is 1. The Hall–Kier alpha value is -2.04. The number of amidine groups is 1. The Kier molecular flexibility index (Phi) is 4.50. The number of carbonyl (C=O) groups is 1. The Labute approximate surface area is 125 Å². The Morgan fingerprint density at radius 3 is 2.62 bits per heavy atom. The summed E-state index contributed by atoms with van der Waals surface area (Å²) in [6, 6.07) is 10.0. The van der Waals surface area contributed by atoms with Crippen molar-refractivity contribution < 1.29 is 10.0 Å². The first kappa shape index (κ1) is 15.4. The van der Waals surface area contributed by atoms with Gasteiger partial charge in [0, 0.05) is 6.54 Å². The van der Waals surface area contributed by atoms with Crippen LogP contribution < -0.4 is 11.1 Å². The highest BCUT2D eigenvalue weighted by Crippen LogP contribution is 2.45. The van der Waals surface area contributed by atoms with E-state index in [1.165, 1.54) is 5.56 Å². The van der Waals surface area contributed by atoms with Gasteiger partial charge in [-0.3, -0.25) is 4.79 Å². The average Bonchev–Trinajstić information content (AvgIpc) is 2.48. The van der Waals surface area contributed by atoms with Crippen molar-refractivity contribution >= 4 is 11.7 Å². The molecule has 0 heterocycles. The maximum Gasteiger partial charge on any atom is 0.233 e. The summed E-state index contributed by atoms with van der Waals surface area (Å²) in [5.74, 6) is 0.517. The number of hydrogen-bond donors (Lipinski definition) is 3. The molecular weight excluding hydrogens is 266 g/mol. The molecule has 4 N–H and O–H groups in total. The summed E-state index contributed by atoms with van der Waals surface area (Å²) < 4.78 is 0. The number of hydrogen-bond acceptors (Lipinski definition) is 3. The SMILES string of the molecule is CC1CC(C(=O)NCC(C)c2ccccc2)(/C(N)=N/O)C1. The van der Waals surface area contributed by atoms with Crippen molar-refractivity contribution in [3.05, 3.63) is 35.9 Å². The van der Waals surface area contributed by atoms with Crippen LogP contribution in [0.5, 0.6) is 0 Å². The Morgan fingerprint density at radius 1 is 1.48 bits per heavy atom. The maximum absolute atomic E-state index is 12.4. The molecule has 5 heteroatoms. The lowest BCUT2D eigenvalue weighted by Gasteiger charge is -2.43. The molecule has 1 fully saturated rings. The number of benzene rings is 1. The molecule has 1 atom stereocenters. The number of nitrogens with two attached hydrogens (primary N) is 1. The summed E-state index contributed by atoms with van der Waals surface area (Å²) in [5.41, 5.74) is 6.08. The molecule has 1 saturated carbocycles. The molecule has 1 amide bonds. The summed E-state index contributed by atoms with van der Waals surface area (Å²) in [4.78, 5) is 12.4. The second-order valence-electron chi connectivity index (χ2n) is 6.10. The predicted octanol–water partition coefficient (Wildman–Crippen LogP) is 2.07. The van der Waals surface area contributed by atoms with Crippen LogP contribution in [-0.4, -0.2) is 23.5 Å². The molecule has 0 aromatic heterocycles. The molecular formula is C16H23N3O2. The number of nitrogens with one attached hydrogen (secondary N) is 1. The summed E-state index contributed by atoms with van der Waals surface area (Å²) in [6.07, 6.45) is 1.27. The molecule has 5 nitrogen and oxygen atoms in total. The van der Waals surface area contributed by atoms with Crippen LogP contribution in [0.1, 0.15) is 38.2 Å². The van der Waals surface area contributed by atoms with Gasteiger partial charge in [-0.1, -0.05) is 49.3 Å². The Balaban J connectivity index is 1.98. The monoisotopic (exact) mass is 289 g/mol. The molecule has 0 spiro atoms. The van der Waals surface area contributed by atoms with Crippen molar-refractivity contribution in [2.75, 3.05) is 6.54 Å². The third-order valence-corrected chi connectivity index (χ3v) is 4.36. The minimum absolute atomic E-state index is 0.0189. The van der Waals surface area contributed by atoms with Crippen molar-refractivity contribution in [1.82, 2.24) is 5.32 Å². The molecule has 0 radical (unpaired) electrons. The number of nitrogens with zero attached hydrogens (tertiary/aromatic N) is 1. The van der Waals surface area contributed by atoms with Gasteiger partial charge in [-0.2, -0.15) is 0 Å². The molecule has 0 aliphatic heterocycles. The Morgan fingerprint density at radius 2 is 2.10 bits per heavy atom. The van der Waals surface area contributed by atoms with Crippen molar-refractivity contribution in [3.8, 4) is 0 Å². The van der Waals surface area contributed by atoms with E-state index in [0.29, 0.717) is 25.3 Å². The lowest BCUT2D eigenvalue weighted by atomic mass is 9.61. The van der Waals surface area contributed by atoms with Crippen LogP contribution in [0.3, 0.4) is 0 Å². The van der Waals surface area contributed by atoms with Gasteiger partial charge in [0.1, 0.15) is 5.41 Å². The average molecular weight is 289 g/mol. The molecule has 114 valence electrons. The topological polar surface area (TPSA) is 87.7 Å². The van der Waals surface area contributed by atoms with E-state index in [2.05, 4.69) is 24.3 Å². The fourth-order valence-electron chi connectivity index (χ4n) is 3.05. The summed E-state index contributed by atoms with van der Waals surface area (Å²) in [6.45, 7) is 4.66. The maximum atomic E-state index is 12.4. The minimum Gasteiger partial charge on any atom is -0.409 e. The van der Waals surface area contributed by atoms with Gasteiger partial charge in [0.15, 0.2) is 5.84 Å². The van der Waals surface area contributed by atoms with Crippen molar-refractivity contribution in [2.24, 2.45) is 22.2 Å². The molecule has 1 aromatic rings. The highest BCUT2D eigenvalue weighted by molar-refractivity contribution is 6.07. The lowest BCUT2D eigenvalue weighted by Crippen LogP contribution is -2.57. The van der Waals surface area contributed by atoms with Crippen LogP contribution in [0.2, 0.25) is 0 Å². The van der Waals surface area contributed by atoms with Gasteiger partial charge in [0.25, 0.3) is 0 Å². The molecule has 1 aliphatic rings. The van der Waals surface area contributed by atoms with Gasteiger partial charge in [0.05, 0.1) is 0 Å². The van der Waals surface area contributed by atoms with E-state index < -0.39 is 5.41 Å². The third-order valence-electron chi connectivity index (χ3n) is 4.36. The fourth-order valence-corrected chi connectivity index (χ4v) is 3.05. The first-order valence-electron chi connectivity index (χ1n) is 7.31. The highest BCUT2D eigenvalue weighted by Gasteiger charge is 2.52. The van der Waals surface area contributed by atoms with Gasteiger partial charge in [-0.05, 0) is 30.2 Å². The van der Waals surface area contributed by atoms with Gasteiger partial charge in [0.2, 0.25) is 5.91 Å². The molecule has 21 heavy (non-hydrogen) atoms. The largest absolute Gasteiger partial charge is 0.409 e. The first-order chi connectivity index (χ1) is 9.99. The van der Waals surface area contributed by atoms with Crippen molar-refractivity contribution in [3.63, 3.8) is 0 Å². The van der Waals surface area contributed by atoms with Crippen LogP contribution in [-0.2, 0) is 4.79 Å². The van der Waals surface area contributed by atoms with Crippen molar-refractivity contribution in [2.45, 2.75) is 32.6 Å². The second-order valence-corrected chi connectivity index (χ2v) is 6.10. The quantitative estimate of drug-likeness (QED) is 0.335. The highest BCUT2D eigenvalue weighted by atomic mass is 16.4. The predicted molar refractivity (Wildman–Crippen MR) is 82.1 cm³/mol. The van der Waals surface area contributed by atoms with Gasteiger partial charge < -0.3 is 16.3 Å². The standard InChI is InChI=1S/C16H23N3O2/c1-11-8-16(9-11,14(17)19-21)15(20)18-10-12(2)13-6-4-3-5-7-13/h3-7,11-12,21H,8-10H2,1-2H3,(H2,17,19)(H,18,20). The van der Waals surface area contributed by atoms with Crippen LogP contribution in [0, 0.1) is 11.3 Å². The summed E-state index contributed by atoms with van der Waals surface area (Å²) in [5, 5.41) is 14.9. The normalized spacial score (nSPS) is 26.8. The molecule has 1 aromatic carbocycles. The molecule has 2 rings (SSSR count). The fraction of sp³-hybridized carbons (Fsp3) is 0.500. The van der Waals surface area contributed by atoms with E-state index in [9.17, 15) is 4.79 Å². The van der Waals surface area contributed by atoms with E-state index in [1.54, 1.807) is 0 Å². The number of carbonyl (C=O) groups excluding carboxylic acids is 1. The zero-order valence-electron chi connectivity index (χ0n) is 12.5. The van der Waals surface area contributed by atoms with Gasteiger partial charge in [-0.15, -0.1) is 0 Å². The third kappa shape index (κ3) is 3.01. The van der Waals surface area contributed by atoms with E-state index >= 15 is 0 Å². The molecule has 1 unspecified atom stereocenters. The summed E-state index contributed by atoms with van der Waals surface area (Å²) >= 11 is 0. The Bertz CT molecular complexity index is 522. The second kappa shape index (κ2) is 6.16. The molecule has 0 bridgehead atoms. The van der Waals surface area contributed by atoms with Crippen molar-refractivity contribution in [1.29, 1.82) is 0 Å². The smallest absolute Gasteiger partial charge is 0.233 e. The van der Waals surface area contributed by atoms with Crippen LogP contribution in [0.4, 0.5) is 0 Å². The zero-order valence-corrected chi connectivity index (χ0v) is 12.5. The first-order valence-corrected chi connectivity index (χ1v) is 7.31. The zero-order chi connectivity index (χ0) is 15.5. The van der Waals surface area contributed by atoms with Crippen LogP contribution in [0.25, 0.3) is 0 Å². The van der Waals surface area contributed by atoms with Crippen LogP contribution in [0.15, 0.2) is 35.5 Å². The number of amides is 1. The van der Waals surface area contributed by atoms with Gasteiger partial charge in [-0.25, -0.2) is 0 Å². The van der Waals surface area contributed by atoms with E-state index in [-0.39, 0.29) is 17.7 Å². The molecule has 1 aliphatic carbocycles. The van der Waals surface area contributed by atoms with Crippen LogP contribution >= 0.6 is 0 Å². The molecule has 0 saturated heterocycles. The van der Waals surface area contributed by atoms with E-state index in [1.807, 2.05) is 30.3 Å².